The van der Waals surface area contributed by atoms with Crippen molar-refractivity contribution in [2.24, 2.45) is 0 Å². The zero-order chi connectivity index (χ0) is 14.5. The number of carboxylic acid groups (broad SMARTS) is 1. The average molecular weight is 279 g/mol. The number of halogens is 1. The number of nitrogens with zero attached hydrogens (tertiary/aromatic N) is 1. The van der Waals surface area contributed by atoms with Gasteiger partial charge in [0, 0.05) is 12.0 Å². The van der Waals surface area contributed by atoms with E-state index < -0.39 is 17.8 Å². The number of likely N-dealkylation sites (tertiary alicyclic amines) is 1. The molecule has 0 radical (unpaired) electrons. The van der Waals surface area contributed by atoms with E-state index >= 15 is 0 Å². The van der Waals surface area contributed by atoms with Crippen LogP contribution in [-0.2, 0) is 4.79 Å². The van der Waals surface area contributed by atoms with Gasteiger partial charge in [0.1, 0.15) is 11.9 Å². The molecule has 1 aliphatic heterocycles. The Morgan fingerprint density at radius 3 is 2.30 bits per heavy atom. The van der Waals surface area contributed by atoms with Crippen molar-refractivity contribution in [3.8, 4) is 0 Å². The predicted molar refractivity (Wildman–Crippen MR) is 72.2 cm³/mol. The Bertz CT molecular complexity index is 480. The maximum atomic E-state index is 12.8. The van der Waals surface area contributed by atoms with Crippen LogP contribution in [0.15, 0.2) is 24.3 Å². The van der Waals surface area contributed by atoms with Crippen molar-refractivity contribution in [2.45, 2.75) is 31.7 Å². The monoisotopic (exact) mass is 279 g/mol. The SMILES string of the molecule is O=C(C[C@H](C(=O)O)N1CCCCC1)c1ccc(F)cc1. The molecule has 0 spiro atoms. The Labute approximate surface area is 117 Å². The maximum Gasteiger partial charge on any atom is 0.321 e. The number of piperidine rings is 1. The van der Waals surface area contributed by atoms with Gasteiger partial charge >= 0.3 is 5.97 Å². The molecule has 0 aliphatic carbocycles. The van der Waals surface area contributed by atoms with Gasteiger partial charge in [-0.05, 0) is 50.2 Å². The molecular weight excluding hydrogens is 261 g/mol. The number of carbonyl (C=O) groups is 2. The van der Waals surface area contributed by atoms with Crippen molar-refractivity contribution in [3.63, 3.8) is 0 Å². The normalized spacial score (nSPS) is 17.6. The fourth-order valence-corrected chi connectivity index (χ4v) is 2.53. The molecule has 1 atom stereocenters. The molecule has 4 nitrogen and oxygen atoms in total. The van der Waals surface area contributed by atoms with Crippen LogP contribution in [0, 0.1) is 5.82 Å². The predicted octanol–water partition coefficient (Wildman–Crippen LogP) is 2.34. The third-order valence-corrected chi connectivity index (χ3v) is 3.66. The molecule has 5 heteroatoms. The van der Waals surface area contributed by atoms with Crippen molar-refractivity contribution in [1.29, 1.82) is 0 Å². The number of ketones is 1. The molecule has 108 valence electrons. The topological polar surface area (TPSA) is 57.6 Å². The quantitative estimate of drug-likeness (QED) is 0.840. The van der Waals surface area contributed by atoms with Crippen LogP contribution in [0.4, 0.5) is 4.39 Å². The number of hydrogen-bond donors (Lipinski definition) is 1. The highest BCUT2D eigenvalue weighted by Crippen LogP contribution is 2.17. The Morgan fingerprint density at radius 1 is 1.15 bits per heavy atom. The van der Waals surface area contributed by atoms with Gasteiger partial charge in [0.05, 0.1) is 0 Å². The highest BCUT2D eigenvalue weighted by atomic mass is 19.1. The first-order chi connectivity index (χ1) is 9.58. The van der Waals surface area contributed by atoms with Crippen molar-refractivity contribution in [3.05, 3.63) is 35.6 Å². The standard InChI is InChI=1S/C15H18FNO3/c16-12-6-4-11(5-7-12)14(18)10-13(15(19)20)17-8-2-1-3-9-17/h4-7,13H,1-3,8-10H2,(H,19,20)/t13-/m1/s1. The van der Waals surface area contributed by atoms with E-state index in [4.69, 9.17) is 0 Å². The van der Waals surface area contributed by atoms with Gasteiger partial charge in [-0.2, -0.15) is 0 Å². The number of carboxylic acids is 1. The number of carbonyl (C=O) groups excluding carboxylic acids is 1. The minimum Gasteiger partial charge on any atom is -0.480 e. The van der Waals surface area contributed by atoms with Gasteiger partial charge in [-0.15, -0.1) is 0 Å². The number of benzene rings is 1. The lowest BCUT2D eigenvalue weighted by atomic mass is 10.0. The molecule has 0 amide bonds. The molecule has 1 N–H and O–H groups in total. The number of aliphatic carboxylic acids is 1. The molecule has 1 heterocycles. The van der Waals surface area contributed by atoms with Crippen LogP contribution in [0.5, 0.6) is 0 Å². The second-order valence-corrected chi connectivity index (χ2v) is 5.08. The van der Waals surface area contributed by atoms with E-state index in [1.165, 1.54) is 24.3 Å². The molecule has 0 bridgehead atoms. The van der Waals surface area contributed by atoms with E-state index in [9.17, 15) is 19.1 Å². The summed E-state index contributed by atoms with van der Waals surface area (Å²) in [4.78, 5) is 25.3. The van der Waals surface area contributed by atoms with E-state index in [1.54, 1.807) is 0 Å². The molecule has 1 aliphatic rings. The van der Waals surface area contributed by atoms with Gasteiger partial charge in [-0.25, -0.2) is 4.39 Å². The van der Waals surface area contributed by atoms with Gasteiger partial charge in [-0.1, -0.05) is 6.42 Å². The molecule has 1 aromatic carbocycles. The molecule has 1 fully saturated rings. The van der Waals surface area contributed by atoms with Crippen LogP contribution in [0.2, 0.25) is 0 Å². The van der Waals surface area contributed by atoms with E-state index in [1.807, 2.05) is 4.90 Å². The smallest absolute Gasteiger partial charge is 0.321 e. The lowest BCUT2D eigenvalue weighted by Crippen LogP contribution is -2.45. The lowest BCUT2D eigenvalue weighted by Gasteiger charge is -2.31. The molecule has 0 unspecified atom stereocenters. The molecule has 0 aromatic heterocycles. The van der Waals surface area contributed by atoms with Gasteiger partial charge in [-0.3, -0.25) is 14.5 Å². The second-order valence-electron chi connectivity index (χ2n) is 5.08. The van der Waals surface area contributed by atoms with E-state index in [0.29, 0.717) is 18.7 Å². The lowest BCUT2D eigenvalue weighted by molar-refractivity contribution is -0.143. The van der Waals surface area contributed by atoms with E-state index in [2.05, 4.69) is 0 Å². The summed E-state index contributed by atoms with van der Waals surface area (Å²) >= 11 is 0. The summed E-state index contributed by atoms with van der Waals surface area (Å²) in [5, 5.41) is 9.31. The van der Waals surface area contributed by atoms with Crippen molar-refractivity contribution in [1.82, 2.24) is 4.90 Å². The van der Waals surface area contributed by atoms with Crippen LogP contribution in [-0.4, -0.2) is 40.9 Å². The summed E-state index contributed by atoms with van der Waals surface area (Å²) in [6.07, 6.45) is 2.97. The second kappa shape index (κ2) is 6.61. The van der Waals surface area contributed by atoms with Crippen LogP contribution in [0.1, 0.15) is 36.0 Å². The Kier molecular flexibility index (Phi) is 4.84. The van der Waals surface area contributed by atoms with E-state index in [0.717, 1.165) is 19.3 Å². The third-order valence-electron chi connectivity index (χ3n) is 3.66. The average Bonchev–Trinajstić information content (AvgIpc) is 2.46. The van der Waals surface area contributed by atoms with Crippen molar-refractivity contribution >= 4 is 11.8 Å². The van der Waals surface area contributed by atoms with Crippen LogP contribution in [0.3, 0.4) is 0 Å². The summed E-state index contributed by atoms with van der Waals surface area (Å²) in [6, 6.07) is 4.43. The Morgan fingerprint density at radius 2 is 1.75 bits per heavy atom. The first-order valence-electron chi connectivity index (χ1n) is 6.83. The van der Waals surface area contributed by atoms with Gasteiger partial charge < -0.3 is 5.11 Å². The number of hydrogen-bond acceptors (Lipinski definition) is 3. The molecule has 1 aromatic rings. The highest BCUT2D eigenvalue weighted by molar-refractivity contribution is 5.98. The van der Waals surface area contributed by atoms with Crippen LogP contribution >= 0.6 is 0 Å². The Balaban J connectivity index is 2.05. The highest BCUT2D eigenvalue weighted by Gasteiger charge is 2.29. The summed E-state index contributed by atoms with van der Waals surface area (Å²) in [7, 11) is 0. The molecule has 0 saturated carbocycles. The summed E-state index contributed by atoms with van der Waals surface area (Å²) < 4.78 is 12.8. The van der Waals surface area contributed by atoms with Crippen molar-refractivity contribution in [2.75, 3.05) is 13.1 Å². The summed E-state index contributed by atoms with van der Waals surface area (Å²) in [5.74, 6) is -1.64. The number of Topliss-reactive ketones (excluding diaryl/α,β-unsaturated/α-hetero) is 1. The minimum absolute atomic E-state index is 0.0685. The first kappa shape index (κ1) is 14.7. The Hall–Kier alpha value is -1.75. The fourth-order valence-electron chi connectivity index (χ4n) is 2.53. The largest absolute Gasteiger partial charge is 0.480 e. The molecule has 20 heavy (non-hydrogen) atoms. The van der Waals surface area contributed by atoms with Gasteiger partial charge in [0.2, 0.25) is 0 Å². The zero-order valence-electron chi connectivity index (χ0n) is 11.2. The van der Waals surface area contributed by atoms with E-state index in [-0.39, 0.29) is 12.2 Å². The summed E-state index contributed by atoms with van der Waals surface area (Å²) in [6.45, 7) is 1.43. The van der Waals surface area contributed by atoms with Gasteiger partial charge in [0.25, 0.3) is 0 Å². The maximum absolute atomic E-state index is 12.8. The van der Waals surface area contributed by atoms with Crippen molar-refractivity contribution < 1.29 is 19.1 Å². The number of rotatable bonds is 5. The third kappa shape index (κ3) is 3.63. The molecule has 1 saturated heterocycles. The zero-order valence-corrected chi connectivity index (χ0v) is 11.2. The fraction of sp³-hybridized carbons (Fsp3) is 0.467. The van der Waals surface area contributed by atoms with Gasteiger partial charge in [0.15, 0.2) is 5.78 Å². The van der Waals surface area contributed by atoms with Crippen LogP contribution in [0.25, 0.3) is 0 Å². The summed E-state index contributed by atoms with van der Waals surface area (Å²) in [5.41, 5.74) is 0.356. The minimum atomic E-state index is -0.970. The molecular formula is C15H18FNO3. The molecule has 2 rings (SSSR count). The first-order valence-corrected chi connectivity index (χ1v) is 6.83. The van der Waals surface area contributed by atoms with Crippen LogP contribution < -0.4 is 0 Å².